The highest BCUT2D eigenvalue weighted by Crippen LogP contribution is 2.38. The van der Waals surface area contributed by atoms with E-state index >= 15 is 0 Å². The predicted octanol–water partition coefficient (Wildman–Crippen LogP) is 2.26. The Balaban J connectivity index is 1.61. The van der Waals surface area contributed by atoms with Crippen LogP contribution in [0.25, 0.3) is 0 Å². The van der Waals surface area contributed by atoms with Gasteiger partial charge in [-0.15, -0.1) is 0 Å². The summed E-state index contributed by atoms with van der Waals surface area (Å²) in [4.78, 5) is 28.7. The van der Waals surface area contributed by atoms with E-state index in [1.807, 2.05) is 0 Å². The lowest BCUT2D eigenvalue weighted by atomic mass is 9.86. The van der Waals surface area contributed by atoms with Crippen molar-refractivity contribution in [2.24, 2.45) is 5.92 Å². The van der Waals surface area contributed by atoms with Gasteiger partial charge >= 0.3 is 0 Å². The maximum atomic E-state index is 12.9. The second-order valence-corrected chi connectivity index (χ2v) is 7.46. The van der Waals surface area contributed by atoms with Crippen molar-refractivity contribution in [1.82, 2.24) is 10.2 Å². The molecule has 134 valence electrons. The van der Waals surface area contributed by atoms with Gasteiger partial charge in [0, 0.05) is 25.0 Å². The molecule has 1 atom stereocenters. The van der Waals surface area contributed by atoms with Crippen molar-refractivity contribution in [2.75, 3.05) is 31.1 Å². The Bertz CT molecular complexity index is 716. The van der Waals surface area contributed by atoms with Crippen LogP contribution in [-0.2, 0) is 4.79 Å². The van der Waals surface area contributed by atoms with Crippen LogP contribution < -0.4 is 15.0 Å². The minimum atomic E-state index is -0.193. The molecule has 2 amide bonds. The van der Waals surface area contributed by atoms with Crippen molar-refractivity contribution < 1.29 is 14.3 Å². The van der Waals surface area contributed by atoms with E-state index in [0.29, 0.717) is 41.1 Å². The number of nitrogens with one attached hydrogen (secondary N) is 1. The van der Waals surface area contributed by atoms with Gasteiger partial charge in [-0.25, -0.2) is 0 Å². The summed E-state index contributed by atoms with van der Waals surface area (Å²) in [6, 6.07) is 3.30. The Hall–Kier alpha value is -1.79. The monoisotopic (exact) mass is 363 g/mol. The Morgan fingerprint density at radius 1 is 1.24 bits per heavy atom. The largest absolute Gasteiger partial charge is 0.489 e. The van der Waals surface area contributed by atoms with Crippen LogP contribution in [0.15, 0.2) is 12.1 Å². The van der Waals surface area contributed by atoms with Crippen molar-refractivity contribution >= 4 is 29.1 Å². The van der Waals surface area contributed by atoms with E-state index in [0.717, 1.165) is 19.5 Å². The third kappa shape index (κ3) is 3.09. The Morgan fingerprint density at radius 3 is 2.64 bits per heavy atom. The Morgan fingerprint density at radius 2 is 2.00 bits per heavy atom. The quantitative estimate of drug-likeness (QED) is 0.875. The summed E-state index contributed by atoms with van der Waals surface area (Å²) < 4.78 is 5.74. The molecule has 0 aliphatic carbocycles. The fourth-order valence-electron chi connectivity index (χ4n) is 4.13. The van der Waals surface area contributed by atoms with E-state index in [1.54, 1.807) is 17.0 Å². The molecule has 0 spiro atoms. The number of nitrogens with zero attached hydrogens (tertiary/aromatic N) is 2. The van der Waals surface area contributed by atoms with Crippen LogP contribution in [0.4, 0.5) is 5.69 Å². The van der Waals surface area contributed by atoms with Gasteiger partial charge in [0.05, 0.1) is 24.0 Å². The number of ether oxygens (including phenoxy) is 1. The molecule has 6 nitrogen and oxygen atoms in total. The average molecular weight is 364 g/mol. The minimum absolute atomic E-state index is 0.0714. The minimum Gasteiger partial charge on any atom is -0.489 e. The summed E-state index contributed by atoms with van der Waals surface area (Å²) in [5, 5.41) is 3.56. The highest BCUT2D eigenvalue weighted by Gasteiger charge is 2.35. The molecule has 4 aliphatic heterocycles. The number of piperidine rings is 3. The molecule has 1 unspecified atom stereocenters. The summed E-state index contributed by atoms with van der Waals surface area (Å²) in [6.45, 7) is 4.41. The van der Waals surface area contributed by atoms with E-state index in [9.17, 15) is 9.59 Å². The molecule has 0 saturated carbocycles. The van der Waals surface area contributed by atoms with E-state index in [-0.39, 0.29) is 18.0 Å². The van der Waals surface area contributed by atoms with E-state index in [2.05, 4.69) is 10.2 Å². The number of halogens is 1. The maximum absolute atomic E-state index is 12.9. The second-order valence-electron chi connectivity index (χ2n) is 7.03. The van der Waals surface area contributed by atoms with Gasteiger partial charge in [0.1, 0.15) is 6.61 Å². The fourth-order valence-corrected chi connectivity index (χ4v) is 4.34. The molecular formula is C18H22ClN3O3. The number of carbonyl (C=O) groups excluding carboxylic acids is 2. The number of hydrogen-bond donors (Lipinski definition) is 1. The molecule has 3 saturated heterocycles. The van der Waals surface area contributed by atoms with Gasteiger partial charge in [0.25, 0.3) is 5.91 Å². The molecular weight excluding hydrogens is 342 g/mol. The Kier molecular flexibility index (Phi) is 4.33. The molecule has 25 heavy (non-hydrogen) atoms. The predicted molar refractivity (Wildman–Crippen MR) is 95.1 cm³/mol. The van der Waals surface area contributed by atoms with Crippen molar-refractivity contribution in [3.8, 4) is 5.75 Å². The summed E-state index contributed by atoms with van der Waals surface area (Å²) in [5.41, 5.74) is 0.970. The molecule has 4 heterocycles. The third-order valence-electron chi connectivity index (χ3n) is 5.46. The summed E-state index contributed by atoms with van der Waals surface area (Å²) in [6.07, 6.45) is 3.50. The number of rotatable bonds is 2. The molecule has 1 N–H and O–H groups in total. The average Bonchev–Trinajstić information content (AvgIpc) is 2.61. The number of anilines is 1. The first kappa shape index (κ1) is 16.7. The molecule has 1 aromatic carbocycles. The Labute approximate surface area is 152 Å². The highest BCUT2D eigenvalue weighted by atomic mass is 35.5. The van der Waals surface area contributed by atoms with Crippen LogP contribution in [-0.4, -0.2) is 49.1 Å². The normalized spacial score (nSPS) is 27.4. The summed E-state index contributed by atoms with van der Waals surface area (Å²) in [5.74, 6) is 0.864. The lowest BCUT2D eigenvalue weighted by molar-refractivity contribution is -0.116. The molecule has 2 bridgehead atoms. The number of carbonyl (C=O) groups is 2. The lowest BCUT2D eigenvalue weighted by Gasteiger charge is -2.45. The van der Waals surface area contributed by atoms with Crippen LogP contribution in [0, 0.1) is 5.92 Å². The van der Waals surface area contributed by atoms with Crippen LogP contribution >= 0.6 is 11.6 Å². The smallest absolute Gasteiger partial charge is 0.256 e. The zero-order chi connectivity index (χ0) is 17.6. The lowest BCUT2D eigenvalue weighted by Crippen LogP contribution is -2.56. The number of amides is 2. The van der Waals surface area contributed by atoms with Crippen molar-refractivity contribution in [3.63, 3.8) is 0 Å². The topological polar surface area (TPSA) is 61.9 Å². The molecule has 0 aromatic heterocycles. The van der Waals surface area contributed by atoms with Gasteiger partial charge in [-0.05, 0) is 37.3 Å². The van der Waals surface area contributed by atoms with E-state index in [4.69, 9.17) is 16.3 Å². The van der Waals surface area contributed by atoms with Gasteiger partial charge in [-0.2, -0.15) is 0 Å². The molecule has 3 fully saturated rings. The van der Waals surface area contributed by atoms with Crippen LogP contribution in [0.2, 0.25) is 5.02 Å². The summed E-state index contributed by atoms with van der Waals surface area (Å²) >= 11 is 6.22. The molecule has 5 rings (SSSR count). The highest BCUT2D eigenvalue weighted by molar-refractivity contribution is 6.31. The molecule has 7 heteroatoms. The van der Waals surface area contributed by atoms with Crippen LogP contribution in [0.3, 0.4) is 0 Å². The van der Waals surface area contributed by atoms with Gasteiger partial charge in [-0.3, -0.25) is 14.5 Å². The zero-order valence-corrected chi connectivity index (χ0v) is 15.0. The number of hydrogen-bond acceptors (Lipinski definition) is 4. The third-order valence-corrected chi connectivity index (χ3v) is 5.67. The van der Waals surface area contributed by atoms with Gasteiger partial charge < -0.3 is 15.0 Å². The zero-order valence-electron chi connectivity index (χ0n) is 14.3. The van der Waals surface area contributed by atoms with Crippen LogP contribution in [0.5, 0.6) is 5.75 Å². The first-order chi connectivity index (χ1) is 12.0. The maximum Gasteiger partial charge on any atom is 0.256 e. The van der Waals surface area contributed by atoms with Gasteiger partial charge in [-0.1, -0.05) is 11.6 Å². The van der Waals surface area contributed by atoms with Crippen molar-refractivity contribution in [2.45, 2.75) is 32.4 Å². The fraction of sp³-hybridized carbons (Fsp3) is 0.556. The molecule has 0 radical (unpaired) electrons. The SMILES string of the molecule is CC(=O)N1CCOc2c(C(=O)NC3CC4CCN3CC4)cc(Cl)cc21. The number of fused-ring (bicyclic) bond motifs is 4. The molecule has 4 aliphatic rings. The first-order valence-corrected chi connectivity index (χ1v) is 9.20. The van der Waals surface area contributed by atoms with Gasteiger partial charge in [0.15, 0.2) is 5.75 Å². The first-order valence-electron chi connectivity index (χ1n) is 8.82. The molecule has 1 aromatic rings. The van der Waals surface area contributed by atoms with Crippen molar-refractivity contribution in [3.05, 3.63) is 22.7 Å². The van der Waals surface area contributed by atoms with Crippen molar-refractivity contribution in [1.29, 1.82) is 0 Å². The standard InChI is InChI=1S/C18H22ClN3O3/c1-11(23)22-6-7-25-17-14(9-13(19)10-15(17)22)18(24)20-16-8-12-2-4-21(16)5-3-12/h9-10,12,16H,2-8H2,1H3,(H,20,24). The van der Waals surface area contributed by atoms with Gasteiger partial charge in [0.2, 0.25) is 5.91 Å². The number of benzene rings is 1. The second kappa shape index (κ2) is 6.50. The van der Waals surface area contributed by atoms with Crippen LogP contribution in [0.1, 0.15) is 36.5 Å². The summed E-state index contributed by atoms with van der Waals surface area (Å²) in [7, 11) is 0. The van der Waals surface area contributed by atoms with E-state index in [1.165, 1.54) is 19.8 Å². The van der Waals surface area contributed by atoms with E-state index < -0.39 is 0 Å².